The Morgan fingerprint density at radius 1 is 0.690 bits per heavy atom. The van der Waals surface area contributed by atoms with E-state index >= 15 is 0 Å². The van der Waals surface area contributed by atoms with Crippen LogP contribution in [0.5, 0.6) is 0 Å². The molecule has 0 saturated carbocycles. The van der Waals surface area contributed by atoms with Crippen molar-refractivity contribution in [2.24, 2.45) is 0 Å². The molecule has 4 aromatic rings. The van der Waals surface area contributed by atoms with E-state index in [4.69, 9.17) is 14.2 Å². The molecule has 0 radical (unpaired) electrons. The number of hydrogen-bond acceptors (Lipinski definition) is 20. The Kier molecular flexibility index (Phi) is 14.2. The molecule has 312 valence electrons. The maximum Gasteiger partial charge on any atom is 0.338 e. The number of H-pyrrole nitrogens is 1. The van der Waals surface area contributed by atoms with Crippen molar-refractivity contribution in [2.45, 2.75) is 45.0 Å². The maximum atomic E-state index is 13.4. The van der Waals surface area contributed by atoms with Crippen molar-refractivity contribution in [1.82, 2.24) is 9.55 Å². The van der Waals surface area contributed by atoms with E-state index in [9.17, 15) is 57.0 Å². The molecule has 1 aromatic heterocycles. The van der Waals surface area contributed by atoms with Gasteiger partial charge in [-0.15, -0.1) is 0 Å². The summed E-state index contributed by atoms with van der Waals surface area (Å²) in [5, 5.41) is 0. The van der Waals surface area contributed by atoms with E-state index in [0.29, 0.717) is 15.7 Å². The highest BCUT2D eigenvalue weighted by Gasteiger charge is 2.51. The second kappa shape index (κ2) is 18.4. The fourth-order valence-corrected chi connectivity index (χ4v) is 9.95. The zero-order chi connectivity index (χ0) is 42.5. The number of phosphoric ester groups is 2. The highest BCUT2D eigenvalue weighted by atomic mass is 31.3. The summed E-state index contributed by atoms with van der Waals surface area (Å²) in [6.45, 7) is 1.22. The molecular weight excluding hydrogens is 856 g/mol. The number of rotatable bonds is 17. The van der Waals surface area contributed by atoms with Gasteiger partial charge in [0.05, 0.1) is 24.3 Å². The van der Waals surface area contributed by atoms with Gasteiger partial charge in [0.2, 0.25) is 0 Å². The minimum atomic E-state index is -6.62. The van der Waals surface area contributed by atoms with E-state index < -0.39 is 92.2 Å². The highest BCUT2D eigenvalue weighted by molar-refractivity contribution is 7.68. The number of benzene rings is 3. The average molecular weight is 886 g/mol. The van der Waals surface area contributed by atoms with Gasteiger partial charge < -0.3 is 42.8 Å². The second-order valence-electron chi connectivity index (χ2n) is 12.1. The molecule has 8 atom stereocenters. The van der Waals surface area contributed by atoms with Gasteiger partial charge in [-0.1, -0.05) is 65.7 Å². The van der Waals surface area contributed by atoms with Crippen LogP contribution >= 0.6 is 31.3 Å². The van der Waals surface area contributed by atoms with Gasteiger partial charge in [-0.3, -0.25) is 32.6 Å². The minimum absolute atomic E-state index is 0.0181. The van der Waals surface area contributed by atoms with E-state index in [1.165, 1.54) is 60.7 Å². The Morgan fingerprint density at radius 2 is 1.21 bits per heavy atom. The van der Waals surface area contributed by atoms with Gasteiger partial charge in [0.1, 0.15) is 6.10 Å². The van der Waals surface area contributed by atoms with E-state index in [1.807, 2.05) is 4.98 Å². The van der Waals surface area contributed by atoms with Crippen LogP contribution in [0.2, 0.25) is 0 Å². The SMILES string of the molecule is Cc1cccc(C(=O)OC2[C@@H](OC(=O)c3cccc(C)c3)[C@@H](COP(=O)([O-])OP(=O)([O-])OP(=O)([O-])OP(=O)([O-])OCc3ccccc3)O[C@H]2n2ccc(=O)[nH]c2=O)c1. The number of carbonyl (C=O) groups excluding carboxylic acids is 2. The first-order valence-corrected chi connectivity index (χ1v) is 22.2. The topological polar surface area (TPSA) is 323 Å². The van der Waals surface area contributed by atoms with Crippen LogP contribution in [0.4, 0.5) is 0 Å². The van der Waals surface area contributed by atoms with E-state index in [2.05, 4.69) is 22.0 Å². The van der Waals surface area contributed by atoms with Crippen LogP contribution < -0.4 is 30.8 Å². The molecule has 0 spiro atoms. The summed E-state index contributed by atoms with van der Waals surface area (Å²) in [5.41, 5.74) is -0.575. The quantitative estimate of drug-likeness (QED) is 0.116. The summed E-state index contributed by atoms with van der Waals surface area (Å²) >= 11 is 0. The normalized spacial score (nSPS) is 22.1. The number of nitrogens with zero attached hydrogens (tertiary/aromatic N) is 1. The summed E-state index contributed by atoms with van der Waals surface area (Å²) in [7, 11) is -25.2. The number of ether oxygens (including phenoxy) is 3. The van der Waals surface area contributed by atoms with Crippen molar-refractivity contribution in [1.29, 1.82) is 0 Å². The first kappa shape index (κ1) is 44.9. The zero-order valence-electron chi connectivity index (χ0n) is 29.8. The standard InChI is InChI=1S/C32H34N2O20P4/c1-20-8-6-12-23(16-20)30(36)50-27-25(49-29(34-15-14-26(35)33-32(34)38)28(27)51-31(37)24-13-7-9-21(2)17-24)19-48-56(41,42)53-58(45,46)54-57(43,44)52-55(39,40)47-18-22-10-4-3-5-11-22/h3-17,25,27-29H,18-19H2,1-2H3,(H,39,40)(H,41,42)(H,43,44)(H,45,46)(H,33,35,38)/p-4/t25-,27+,28?,29-/m1/s1. The van der Waals surface area contributed by atoms with Crippen LogP contribution in [0.3, 0.4) is 0 Å². The van der Waals surface area contributed by atoms with Crippen LogP contribution in [0.15, 0.2) is 101 Å². The maximum absolute atomic E-state index is 13.4. The molecule has 1 fully saturated rings. The van der Waals surface area contributed by atoms with Crippen LogP contribution in [0, 0.1) is 13.8 Å². The molecule has 58 heavy (non-hydrogen) atoms. The Morgan fingerprint density at radius 3 is 1.74 bits per heavy atom. The van der Waals surface area contributed by atoms with Crippen LogP contribution in [0.1, 0.15) is 43.6 Å². The monoisotopic (exact) mass is 886 g/mol. The Balaban J connectivity index is 1.38. The van der Waals surface area contributed by atoms with Crippen molar-refractivity contribution < 1.29 is 83.6 Å². The number of hydrogen-bond donors (Lipinski definition) is 1. The third-order valence-electron chi connectivity index (χ3n) is 7.63. The summed E-state index contributed by atoms with van der Waals surface area (Å²) in [6.07, 6.45) is -6.45. The highest BCUT2D eigenvalue weighted by Crippen LogP contribution is 2.67. The summed E-state index contributed by atoms with van der Waals surface area (Å²) < 4.78 is 87.2. The average Bonchev–Trinajstić information content (AvgIpc) is 3.44. The largest absolute Gasteiger partial charge is 0.756 e. The smallest absolute Gasteiger partial charge is 0.338 e. The van der Waals surface area contributed by atoms with Crippen molar-refractivity contribution >= 4 is 43.2 Å². The van der Waals surface area contributed by atoms with Crippen LogP contribution in [-0.2, 0) is 61.1 Å². The van der Waals surface area contributed by atoms with E-state index in [-0.39, 0.29) is 16.7 Å². The minimum Gasteiger partial charge on any atom is -0.756 e. The van der Waals surface area contributed by atoms with Gasteiger partial charge in [-0.05, 0) is 43.7 Å². The molecule has 0 aliphatic carbocycles. The number of aromatic amines is 1. The third kappa shape index (κ3) is 12.6. The molecule has 1 saturated heterocycles. The number of nitrogens with one attached hydrogen (secondary N) is 1. The number of carbonyl (C=O) groups is 2. The molecule has 0 bridgehead atoms. The van der Waals surface area contributed by atoms with Gasteiger partial charge in [-0.25, -0.2) is 27.3 Å². The fraction of sp³-hybridized carbons (Fsp3) is 0.250. The molecule has 22 nitrogen and oxygen atoms in total. The van der Waals surface area contributed by atoms with Gasteiger partial charge in [-0.2, -0.15) is 0 Å². The van der Waals surface area contributed by atoms with E-state index in [1.54, 1.807) is 32.0 Å². The zero-order valence-corrected chi connectivity index (χ0v) is 33.4. The number of phosphoric acid groups is 4. The van der Waals surface area contributed by atoms with Gasteiger partial charge >= 0.3 is 17.6 Å². The Hall–Kier alpha value is -4.20. The van der Waals surface area contributed by atoms with Crippen molar-refractivity contribution in [3.63, 3.8) is 0 Å². The summed E-state index contributed by atoms with van der Waals surface area (Å²) in [5.74, 6) is -2.13. The fourth-order valence-electron chi connectivity index (χ4n) is 5.23. The first-order chi connectivity index (χ1) is 27.1. The molecule has 1 aliphatic heterocycles. The van der Waals surface area contributed by atoms with Crippen molar-refractivity contribution in [3.8, 4) is 0 Å². The molecule has 5 rings (SSSR count). The molecule has 1 aliphatic rings. The number of aryl methyl sites for hydroxylation is 2. The van der Waals surface area contributed by atoms with Crippen molar-refractivity contribution in [2.75, 3.05) is 6.61 Å². The summed E-state index contributed by atoms with van der Waals surface area (Å²) in [6, 6.07) is 20.1. The lowest BCUT2D eigenvalue weighted by molar-refractivity contribution is -0.255. The molecule has 3 aromatic carbocycles. The first-order valence-electron chi connectivity index (χ1n) is 16.3. The third-order valence-corrected chi connectivity index (χ3v) is 13.3. The van der Waals surface area contributed by atoms with Crippen molar-refractivity contribution in [3.05, 3.63) is 140 Å². The second-order valence-corrected chi connectivity index (χ2v) is 18.2. The summed E-state index contributed by atoms with van der Waals surface area (Å²) in [4.78, 5) is 103. The Bertz CT molecular complexity index is 2460. The molecule has 2 heterocycles. The predicted octanol–water partition coefficient (Wildman–Crippen LogP) is 1.66. The number of esters is 2. The van der Waals surface area contributed by atoms with Gasteiger partial charge in [0.15, 0.2) is 18.4 Å². The molecular formula is C32H30N2O20P4-4. The van der Waals surface area contributed by atoms with Crippen LogP contribution in [-0.4, -0.2) is 46.4 Å². The molecule has 1 N–H and O–H groups in total. The lowest BCUT2D eigenvalue weighted by Gasteiger charge is -2.36. The lowest BCUT2D eigenvalue weighted by atomic mass is 10.1. The molecule has 26 heteroatoms. The Labute approximate surface area is 327 Å². The predicted molar refractivity (Wildman–Crippen MR) is 187 cm³/mol. The molecule has 5 unspecified atom stereocenters. The number of aromatic nitrogens is 2. The van der Waals surface area contributed by atoms with Gasteiger partial charge in [0.25, 0.3) is 36.9 Å². The van der Waals surface area contributed by atoms with Crippen LogP contribution in [0.25, 0.3) is 0 Å². The lowest BCUT2D eigenvalue weighted by Crippen LogP contribution is -2.43. The van der Waals surface area contributed by atoms with Gasteiger partial charge in [0, 0.05) is 12.3 Å². The van der Waals surface area contributed by atoms with E-state index in [0.717, 1.165) is 12.3 Å². The molecule has 0 amide bonds.